The number of carbonyl (C=O) groups excluding carboxylic acids is 3. The molecule has 1 aromatic carbocycles. The molecule has 0 radical (unpaired) electrons. The van der Waals surface area contributed by atoms with Crippen LogP contribution in [0.4, 0.5) is 0 Å². The van der Waals surface area contributed by atoms with Gasteiger partial charge in [0.2, 0.25) is 5.91 Å². The predicted molar refractivity (Wildman–Crippen MR) is 75.2 cm³/mol. The molecule has 0 aliphatic carbocycles. The number of carbonyl (C=O) groups is 3. The van der Waals surface area contributed by atoms with Gasteiger partial charge in [-0.3, -0.25) is 19.2 Å². The summed E-state index contributed by atoms with van der Waals surface area (Å²) in [6.07, 6.45) is 3.17. The maximum atomic E-state index is 12.0. The van der Waals surface area contributed by atoms with E-state index in [1.807, 2.05) is 0 Å². The first-order valence-corrected chi connectivity index (χ1v) is 7.01. The summed E-state index contributed by atoms with van der Waals surface area (Å²) in [6, 6.07) is 6.59. The second-order valence-corrected chi connectivity index (χ2v) is 4.84. The lowest BCUT2D eigenvalue weighted by atomic mass is 10.1. The summed E-state index contributed by atoms with van der Waals surface area (Å²) in [4.78, 5) is 41.4. The number of nitrogens with one attached hydrogen (secondary N) is 1. The van der Waals surface area contributed by atoms with Crippen LogP contribution in [0.15, 0.2) is 24.3 Å². The molecule has 0 fully saturated rings. The lowest BCUT2D eigenvalue weighted by Crippen LogP contribution is -2.36. The van der Waals surface area contributed by atoms with Gasteiger partial charge in [0.05, 0.1) is 11.1 Å². The monoisotopic (exact) mass is 290 g/mol. The van der Waals surface area contributed by atoms with Crippen molar-refractivity contribution in [3.05, 3.63) is 35.4 Å². The molecule has 21 heavy (non-hydrogen) atoms. The molecule has 1 heterocycles. The number of imide groups is 1. The quantitative estimate of drug-likeness (QED) is 0.472. The third kappa shape index (κ3) is 3.46. The first-order chi connectivity index (χ1) is 10.1. The van der Waals surface area contributed by atoms with E-state index in [2.05, 4.69) is 12.4 Å². The third-order valence-electron chi connectivity index (χ3n) is 3.27. The molecule has 1 aromatic rings. The summed E-state index contributed by atoms with van der Waals surface area (Å²) < 4.78 is 0. The Bertz CT molecular complexity index is 521. The number of hydrogen-bond donors (Lipinski definition) is 1. The molecule has 6 nitrogen and oxygen atoms in total. The minimum absolute atomic E-state index is 0.250. The summed E-state index contributed by atoms with van der Waals surface area (Å²) in [5.41, 5.74) is 2.97. The Morgan fingerprint density at radius 1 is 1.14 bits per heavy atom. The number of hydroxylamine groups is 1. The molecule has 112 valence electrons. The highest BCUT2D eigenvalue weighted by molar-refractivity contribution is 6.21. The van der Waals surface area contributed by atoms with Crippen molar-refractivity contribution in [2.45, 2.75) is 32.6 Å². The van der Waals surface area contributed by atoms with Crippen LogP contribution in [0.1, 0.15) is 53.3 Å². The van der Waals surface area contributed by atoms with Crippen LogP contribution in [0.5, 0.6) is 0 Å². The molecular weight excluding hydrogens is 272 g/mol. The van der Waals surface area contributed by atoms with Crippen LogP contribution in [0.3, 0.4) is 0 Å². The summed E-state index contributed by atoms with van der Waals surface area (Å²) in [5, 5.41) is 0. The van der Waals surface area contributed by atoms with Gasteiger partial charge in [0.1, 0.15) is 0 Å². The first kappa shape index (κ1) is 15.2. The first-order valence-electron chi connectivity index (χ1n) is 7.01. The number of benzene rings is 1. The van der Waals surface area contributed by atoms with Crippen molar-refractivity contribution >= 4 is 17.7 Å². The lowest BCUT2D eigenvalue weighted by molar-refractivity contribution is -0.136. The standard InChI is InChI=1S/C15H18N2O4/c1-2-3-4-9-13(18)16-21-10-17-14(19)11-7-5-6-8-12(11)15(17)20/h5-8H,2-4,9-10H2,1H3,(H,16,18). The predicted octanol–water partition coefficient (Wildman–Crippen LogP) is 1.87. The van der Waals surface area contributed by atoms with E-state index in [-0.39, 0.29) is 12.6 Å². The Kier molecular flexibility index (Phi) is 5.05. The molecule has 3 amide bonds. The molecule has 0 unspecified atom stereocenters. The fourth-order valence-corrected chi connectivity index (χ4v) is 2.12. The van der Waals surface area contributed by atoms with Crippen LogP contribution in [-0.2, 0) is 9.63 Å². The van der Waals surface area contributed by atoms with Gasteiger partial charge < -0.3 is 0 Å². The Morgan fingerprint density at radius 2 is 1.76 bits per heavy atom. The molecule has 0 aromatic heterocycles. The number of hydrogen-bond acceptors (Lipinski definition) is 4. The van der Waals surface area contributed by atoms with E-state index >= 15 is 0 Å². The molecule has 0 bridgehead atoms. The Morgan fingerprint density at radius 3 is 2.33 bits per heavy atom. The lowest BCUT2D eigenvalue weighted by Gasteiger charge is -2.13. The highest BCUT2D eigenvalue weighted by Gasteiger charge is 2.35. The molecule has 6 heteroatoms. The maximum absolute atomic E-state index is 12.0. The van der Waals surface area contributed by atoms with Crippen molar-refractivity contribution in [3.8, 4) is 0 Å². The topological polar surface area (TPSA) is 75.7 Å². The zero-order chi connectivity index (χ0) is 15.2. The van der Waals surface area contributed by atoms with Gasteiger partial charge in [-0.25, -0.2) is 10.4 Å². The van der Waals surface area contributed by atoms with Gasteiger partial charge in [0.25, 0.3) is 11.8 Å². The number of amides is 3. The van der Waals surface area contributed by atoms with Crippen LogP contribution in [0.25, 0.3) is 0 Å². The van der Waals surface area contributed by atoms with E-state index in [0.29, 0.717) is 17.5 Å². The maximum Gasteiger partial charge on any atom is 0.263 e. The number of nitrogens with zero attached hydrogens (tertiary/aromatic N) is 1. The third-order valence-corrected chi connectivity index (χ3v) is 3.27. The van der Waals surface area contributed by atoms with Crippen molar-refractivity contribution in [3.63, 3.8) is 0 Å². The molecule has 1 aliphatic rings. The van der Waals surface area contributed by atoms with Gasteiger partial charge in [0.15, 0.2) is 6.73 Å². The molecule has 0 spiro atoms. The van der Waals surface area contributed by atoms with Crippen LogP contribution in [-0.4, -0.2) is 29.4 Å². The van der Waals surface area contributed by atoms with Crippen LogP contribution in [0.2, 0.25) is 0 Å². The average Bonchev–Trinajstić information content (AvgIpc) is 2.73. The van der Waals surface area contributed by atoms with E-state index in [0.717, 1.165) is 24.2 Å². The Labute approximate surface area is 123 Å². The summed E-state index contributed by atoms with van der Waals surface area (Å²) >= 11 is 0. The fourth-order valence-electron chi connectivity index (χ4n) is 2.12. The highest BCUT2D eigenvalue weighted by Crippen LogP contribution is 2.21. The number of rotatable bonds is 7. The van der Waals surface area contributed by atoms with Crippen LogP contribution < -0.4 is 5.48 Å². The van der Waals surface area contributed by atoms with Gasteiger partial charge in [0, 0.05) is 6.42 Å². The van der Waals surface area contributed by atoms with E-state index in [1.54, 1.807) is 24.3 Å². The molecule has 2 rings (SSSR count). The van der Waals surface area contributed by atoms with E-state index in [4.69, 9.17) is 4.84 Å². The SMILES string of the molecule is CCCCCC(=O)NOCN1C(=O)c2ccccc2C1=O. The molecule has 1 N–H and O–H groups in total. The minimum Gasteiger partial charge on any atom is -0.273 e. The zero-order valence-electron chi connectivity index (χ0n) is 11.9. The van der Waals surface area contributed by atoms with Gasteiger partial charge in [-0.2, -0.15) is 0 Å². The summed E-state index contributed by atoms with van der Waals surface area (Å²) in [6.45, 7) is 1.77. The van der Waals surface area contributed by atoms with Crippen molar-refractivity contribution in [2.75, 3.05) is 6.73 Å². The Hall–Kier alpha value is -2.21. The highest BCUT2D eigenvalue weighted by atomic mass is 16.7. The fraction of sp³-hybridized carbons (Fsp3) is 0.400. The van der Waals surface area contributed by atoms with Crippen LogP contribution in [0, 0.1) is 0 Å². The van der Waals surface area contributed by atoms with Gasteiger partial charge in [-0.1, -0.05) is 31.9 Å². The molecular formula is C15H18N2O4. The van der Waals surface area contributed by atoms with Crippen LogP contribution >= 0.6 is 0 Å². The molecule has 0 saturated heterocycles. The average molecular weight is 290 g/mol. The Balaban J connectivity index is 1.81. The normalized spacial score (nSPS) is 13.5. The summed E-state index contributed by atoms with van der Waals surface area (Å²) in [5.74, 6) is -1.06. The van der Waals surface area contributed by atoms with E-state index < -0.39 is 11.8 Å². The second kappa shape index (κ2) is 6.99. The van der Waals surface area contributed by atoms with Gasteiger partial charge in [-0.15, -0.1) is 0 Å². The number of fused-ring (bicyclic) bond motifs is 1. The van der Waals surface area contributed by atoms with Crippen molar-refractivity contribution in [1.29, 1.82) is 0 Å². The van der Waals surface area contributed by atoms with Crippen molar-refractivity contribution in [1.82, 2.24) is 10.4 Å². The zero-order valence-corrected chi connectivity index (χ0v) is 11.9. The molecule has 0 atom stereocenters. The number of unbranched alkanes of at least 4 members (excludes halogenated alkanes) is 2. The molecule has 1 aliphatic heterocycles. The minimum atomic E-state index is -0.407. The van der Waals surface area contributed by atoms with Crippen molar-refractivity contribution in [2.24, 2.45) is 0 Å². The van der Waals surface area contributed by atoms with Gasteiger partial charge >= 0.3 is 0 Å². The largest absolute Gasteiger partial charge is 0.273 e. The van der Waals surface area contributed by atoms with Gasteiger partial charge in [-0.05, 0) is 18.6 Å². The molecule has 0 saturated carbocycles. The van der Waals surface area contributed by atoms with Crippen molar-refractivity contribution < 1.29 is 19.2 Å². The smallest absolute Gasteiger partial charge is 0.263 e. The van der Waals surface area contributed by atoms with E-state index in [9.17, 15) is 14.4 Å². The van der Waals surface area contributed by atoms with E-state index in [1.165, 1.54) is 0 Å². The summed E-state index contributed by atoms with van der Waals surface area (Å²) in [7, 11) is 0. The second-order valence-electron chi connectivity index (χ2n) is 4.84.